The van der Waals surface area contributed by atoms with Crippen LogP contribution in [0.4, 0.5) is 11.4 Å². The fourth-order valence-electron chi connectivity index (χ4n) is 5.42. The van der Waals surface area contributed by atoms with E-state index in [2.05, 4.69) is 11.4 Å². The molecule has 164 valence electrons. The van der Waals surface area contributed by atoms with E-state index in [0.29, 0.717) is 28.4 Å². The van der Waals surface area contributed by atoms with Gasteiger partial charge < -0.3 is 14.8 Å². The maximum atomic E-state index is 13.2. The van der Waals surface area contributed by atoms with Gasteiger partial charge in [0.25, 0.3) is 5.91 Å². The number of nitrogens with zero attached hydrogens (tertiary/aromatic N) is 1. The van der Waals surface area contributed by atoms with Gasteiger partial charge in [-0.3, -0.25) is 14.4 Å². The molecule has 1 saturated heterocycles. The molecule has 1 N–H and O–H groups in total. The molecule has 3 aliphatic rings. The lowest BCUT2D eigenvalue weighted by Gasteiger charge is -2.19. The second-order valence-electron chi connectivity index (χ2n) is 8.55. The van der Waals surface area contributed by atoms with Crippen molar-refractivity contribution in [2.75, 3.05) is 24.4 Å². The van der Waals surface area contributed by atoms with Crippen LogP contribution in [0.5, 0.6) is 11.5 Å². The molecule has 1 saturated carbocycles. The summed E-state index contributed by atoms with van der Waals surface area (Å²) in [6.07, 6.45) is 3.03. The molecular formula is C25H24N2O5. The maximum absolute atomic E-state index is 13.2. The predicted molar refractivity (Wildman–Crippen MR) is 119 cm³/mol. The molecule has 2 bridgehead atoms. The van der Waals surface area contributed by atoms with E-state index in [1.54, 1.807) is 49.6 Å². The van der Waals surface area contributed by atoms with E-state index < -0.39 is 0 Å². The van der Waals surface area contributed by atoms with Crippen molar-refractivity contribution in [1.29, 1.82) is 0 Å². The van der Waals surface area contributed by atoms with Gasteiger partial charge in [-0.15, -0.1) is 0 Å². The van der Waals surface area contributed by atoms with E-state index in [-0.39, 0.29) is 41.4 Å². The van der Waals surface area contributed by atoms with Crippen molar-refractivity contribution in [3.05, 3.63) is 59.7 Å². The molecule has 2 fully saturated rings. The van der Waals surface area contributed by atoms with E-state index in [1.165, 1.54) is 17.6 Å². The van der Waals surface area contributed by atoms with Crippen molar-refractivity contribution in [1.82, 2.24) is 0 Å². The Hall–Kier alpha value is -3.61. The van der Waals surface area contributed by atoms with Gasteiger partial charge >= 0.3 is 0 Å². The number of ether oxygens (including phenoxy) is 2. The fourth-order valence-corrected chi connectivity index (χ4v) is 5.42. The van der Waals surface area contributed by atoms with Gasteiger partial charge in [-0.1, -0.05) is 17.7 Å². The molecule has 0 unspecified atom stereocenters. The Morgan fingerprint density at radius 3 is 2.56 bits per heavy atom. The van der Waals surface area contributed by atoms with Crippen molar-refractivity contribution in [2.24, 2.45) is 23.7 Å². The van der Waals surface area contributed by atoms with Gasteiger partial charge in [-0.2, -0.15) is 0 Å². The molecule has 7 heteroatoms. The average molecular weight is 432 g/mol. The summed E-state index contributed by atoms with van der Waals surface area (Å²) < 4.78 is 10.5. The second-order valence-corrected chi connectivity index (χ2v) is 8.55. The Bertz CT molecular complexity index is 1170. The first-order valence-corrected chi connectivity index (χ1v) is 10.6. The molecule has 0 radical (unpaired) electrons. The van der Waals surface area contributed by atoms with Crippen molar-refractivity contribution in [2.45, 2.75) is 13.3 Å². The van der Waals surface area contributed by atoms with Crippen LogP contribution in [0.3, 0.4) is 0 Å². The molecule has 7 nitrogen and oxygen atoms in total. The van der Waals surface area contributed by atoms with Crippen molar-refractivity contribution >= 4 is 29.1 Å². The third-order valence-corrected chi connectivity index (χ3v) is 6.90. The van der Waals surface area contributed by atoms with Crippen LogP contribution >= 0.6 is 0 Å². The van der Waals surface area contributed by atoms with Crippen molar-refractivity contribution in [3.8, 4) is 11.5 Å². The van der Waals surface area contributed by atoms with Gasteiger partial charge in [0.2, 0.25) is 11.8 Å². The highest BCUT2D eigenvalue weighted by Crippen LogP contribution is 2.55. The molecule has 0 aromatic heterocycles. The summed E-state index contributed by atoms with van der Waals surface area (Å²) in [4.78, 5) is 40.6. The van der Waals surface area contributed by atoms with Crippen LogP contribution in [0, 0.1) is 23.7 Å². The first kappa shape index (κ1) is 20.3. The van der Waals surface area contributed by atoms with Gasteiger partial charge in [0.15, 0.2) is 0 Å². The van der Waals surface area contributed by atoms with Gasteiger partial charge in [-0.05, 0) is 55.5 Å². The number of amides is 3. The Kier molecular flexibility index (Phi) is 4.77. The zero-order valence-electron chi connectivity index (χ0n) is 18.1. The van der Waals surface area contributed by atoms with Crippen LogP contribution in [0.1, 0.15) is 23.7 Å². The lowest BCUT2D eigenvalue weighted by atomic mass is 9.82. The van der Waals surface area contributed by atoms with Gasteiger partial charge in [0.1, 0.15) is 11.5 Å². The van der Waals surface area contributed by atoms with Crippen LogP contribution < -0.4 is 19.7 Å². The number of fused-ring (bicyclic) bond motifs is 5. The fraction of sp³-hybridized carbons (Fsp3) is 0.320. The number of rotatable bonds is 5. The Balaban J connectivity index is 1.41. The Morgan fingerprint density at radius 2 is 1.81 bits per heavy atom. The van der Waals surface area contributed by atoms with Gasteiger partial charge in [-0.25, -0.2) is 4.90 Å². The molecular weight excluding hydrogens is 408 g/mol. The van der Waals surface area contributed by atoms with Crippen LogP contribution in [-0.4, -0.2) is 31.9 Å². The monoisotopic (exact) mass is 432 g/mol. The third-order valence-electron chi connectivity index (χ3n) is 6.90. The summed E-state index contributed by atoms with van der Waals surface area (Å²) in [5, 5.41) is 2.82. The zero-order valence-corrected chi connectivity index (χ0v) is 18.1. The third kappa shape index (κ3) is 2.99. The highest BCUT2D eigenvalue weighted by molar-refractivity contribution is 6.23. The van der Waals surface area contributed by atoms with Crippen LogP contribution in [0.15, 0.2) is 54.1 Å². The Morgan fingerprint density at radius 1 is 1.03 bits per heavy atom. The van der Waals surface area contributed by atoms with Crippen LogP contribution in [0.25, 0.3) is 0 Å². The zero-order chi connectivity index (χ0) is 22.6. The summed E-state index contributed by atoms with van der Waals surface area (Å²) in [7, 11) is 3.06. The first-order valence-electron chi connectivity index (χ1n) is 10.6. The highest BCUT2D eigenvalue weighted by Gasteiger charge is 2.60. The predicted octanol–water partition coefficient (Wildman–Crippen LogP) is 3.66. The second kappa shape index (κ2) is 7.51. The molecule has 3 amide bonds. The number of allylic oxidation sites excluding steroid dienone is 2. The summed E-state index contributed by atoms with van der Waals surface area (Å²) in [5.74, 6) is 0.0905. The van der Waals surface area contributed by atoms with E-state index in [9.17, 15) is 14.4 Å². The molecule has 2 aromatic rings. The summed E-state index contributed by atoms with van der Waals surface area (Å²) in [5.41, 5.74) is 2.43. The van der Waals surface area contributed by atoms with E-state index in [4.69, 9.17) is 9.47 Å². The normalized spacial score (nSPS) is 25.6. The molecule has 2 aliphatic carbocycles. The number of nitrogens with one attached hydrogen (secondary N) is 1. The smallest absolute Gasteiger partial charge is 0.255 e. The SMILES string of the molecule is COc1ccc(OC)c(NC(=O)c2cccc(N3C(=O)[C@H]4[C@H](C3=O)[C@H]3C=C(C)[C@H]4C3)c2)c1. The number of carbonyl (C=O) groups excluding carboxylic acids is 3. The van der Waals surface area contributed by atoms with Crippen LogP contribution in [-0.2, 0) is 9.59 Å². The minimum absolute atomic E-state index is 0.137. The molecule has 1 heterocycles. The van der Waals surface area contributed by atoms with Crippen molar-refractivity contribution < 1.29 is 23.9 Å². The lowest BCUT2D eigenvalue weighted by Crippen LogP contribution is -2.33. The van der Waals surface area contributed by atoms with E-state index in [1.807, 2.05) is 6.92 Å². The molecule has 2 aromatic carbocycles. The summed E-state index contributed by atoms with van der Waals surface area (Å²) in [6.45, 7) is 2.04. The first-order chi connectivity index (χ1) is 15.4. The molecule has 4 atom stereocenters. The number of carbonyl (C=O) groups is 3. The number of anilines is 2. The minimum atomic E-state index is -0.379. The quantitative estimate of drug-likeness (QED) is 0.576. The van der Waals surface area contributed by atoms with Crippen molar-refractivity contribution in [3.63, 3.8) is 0 Å². The molecule has 0 spiro atoms. The number of imide groups is 1. The van der Waals surface area contributed by atoms with E-state index >= 15 is 0 Å². The average Bonchev–Trinajstić information content (AvgIpc) is 3.43. The Labute approximate surface area is 186 Å². The highest BCUT2D eigenvalue weighted by atomic mass is 16.5. The molecule has 32 heavy (non-hydrogen) atoms. The van der Waals surface area contributed by atoms with Crippen LogP contribution in [0.2, 0.25) is 0 Å². The number of methoxy groups -OCH3 is 2. The summed E-state index contributed by atoms with van der Waals surface area (Å²) in [6, 6.07) is 11.7. The lowest BCUT2D eigenvalue weighted by molar-refractivity contribution is -0.123. The maximum Gasteiger partial charge on any atom is 0.255 e. The summed E-state index contributed by atoms with van der Waals surface area (Å²) >= 11 is 0. The molecule has 1 aliphatic heterocycles. The number of benzene rings is 2. The number of hydrogen-bond donors (Lipinski definition) is 1. The van der Waals surface area contributed by atoms with E-state index in [0.717, 1.165) is 6.42 Å². The number of hydrogen-bond acceptors (Lipinski definition) is 5. The minimum Gasteiger partial charge on any atom is -0.497 e. The van der Waals surface area contributed by atoms with Gasteiger partial charge in [0, 0.05) is 11.6 Å². The topological polar surface area (TPSA) is 84.9 Å². The standard InChI is InChI=1S/C25H24N2O5/c1-13-9-15-11-18(13)22-21(15)24(29)27(25(22)30)16-6-4-5-14(10-16)23(28)26-19-12-17(31-2)7-8-20(19)32-3/h4-10,12,15,18,21-22H,11H2,1-3H3,(H,26,28)/t15-,18+,21+,22+/m0/s1. The van der Waals surface area contributed by atoms with Gasteiger partial charge in [0.05, 0.1) is 37.4 Å². The molecule has 5 rings (SSSR count). The largest absolute Gasteiger partial charge is 0.497 e.